The van der Waals surface area contributed by atoms with Crippen molar-refractivity contribution < 1.29 is 9.53 Å². The van der Waals surface area contributed by atoms with Crippen molar-refractivity contribution in [2.45, 2.75) is 25.7 Å². The Morgan fingerprint density at radius 3 is 2.67 bits per heavy atom. The lowest BCUT2D eigenvalue weighted by Crippen LogP contribution is -2.48. The molecule has 1 amide bonds. The van der Waals surface area contributed by atoms with Crippen LogP contribution in [0.5, 0.6) is 0 Å². The molecule has 1 fully saturated rings. The quantitative estimate of drug-likeness (QED) is 0.838. The molecule has 21 heavy (non-hydrogen) atoms. The molecule has 0 saturated carbocycles. The van der Waals surface area contributed by atoms with Crippen molar-refractivity contribution in [3.05, 3.63) is 35.9 Å². The third-order valence-corrected chi connectivity index (χ3v) is 4.39. The van der Waals surface area contributed by atoms with E-state index in [0.29, 0.717) is 19.7 Å². The molecule has 0 bridgehead atoms. The first-order chi connectivity index (χ1) is 10.0. The molecule has 0 spiro atoms. The highest BCUT2D eigenvalue weighted by Gasteiger charge is 2.41. The highest BCUT2D eigenvalue weighted by Crippen LogP contribution is 2.27. The number of benzene rings is 1. The molecule has 4 nitrogen and oxygen atoms in total. The molecule has 1 saturated heterocycles. The Morgan fingerprint density at radius 1 is 1.38 bits per heavy atom. The van der Waals surface area contributed by atoms with Crippen LogP contribution in [0.4, 0.5) is 0 Å². The average molecular weight is 290 g/mol. The van der Waals surface area contributed by atoms with E-state index < -0.39 is 5.41 Å². The van der Waals surface area contributed by atoms with Gasteiger partial charge in [-0.05, 0) is 18.5 Å². The molecule has 1 aliphatic rings. The van der Waals surface area contributed by atoms with Crippen LogP contribution in [0.3, 0.4) is 0 Å². The molecule has 0 radical (unpaired) electrons. The fourth-order valence-electron chi connectivity index (χ4n) is 2.88. The van der Waals surface area contributed by atoms with E-state index >= 15 is 0 Å². The second kappa shape index (κ2) is 6.58. The monoisotopic (exact) mass is 290 g/mol. The summed E-state index contributed by atoms with van der Waals surface area (Å²) in [5.74, 6) is 0.0957. The molecule has 1 heterocycles. The van der Waals surface area contributed by atoms with Gasteiger partial charge in [-0.25, -0.2) is 0 Å². The SMILES string of the molecule is COCC1(C(=O)NCC(C)(C)c2ccccc2)CCNC1. The number of carbonyl (C=O) groups excluding carboxylic acids is 1. The standard InChI is InChI=1S/C17H26N2O2/c1-16(2,14-7-5-4-6-8-14)11-19-15(20)17(13-21-3)9-10-18-12-17/h4-8,18H,9-13H2,1-3H3,(H,19,20). The molecule has 1 unspecified atom stereocenters. The minimum absolute atomic E-state index is 0.0861. The van der Waals surface area contributed by atoms with Crippen molar-refractivity contribution in [3.8, 4) is 0 Å². The highest BCUT2D eigenvalue weighted by molar-refractivity contribution is 5.83. The van der Waals surface area contributed by atoms with E-state index in [-0.39, 0.29) is 11.3 Å². The smallest absolute Gasteiger partial charge is 0.229 e. The van der Waals surface area contributed by atoms with Crippen molar-refractivity contribution in [3.63, 3.8) is 0 Å². The molecule has 2 N–H and O–H groups in total. The lowest BCUT2D eigenvalue weighted by atomic mass is 9.83. The Labute approximate surface area is 127 Å². The summed E-state index contributed by atoms with van der Waals surface area (Å²) >= 11 is 0. The summed E-state index contributed by atoms with van der Waals surface area (Å²) in [5.41, 5.74) is 0.731. The van der Waals surface area contributed by atoms with E-state index in [0.717, 1.165) is 13.0 Å². The van der Waals surface area contributed by atoms with Gasteiger partial charge in [0.2, 0.25) is 5.91 Å². The minimum atomic E-state index is -0.415. The molecule has 116 valence electrons. The van der Waals surface area contributed by atoms with Gasteiger partial charge in [0, 0.05) is 25.6 Å². The second-order valence-corrected chi connectivity index (χ2v) is 6.57. The molecule has 4 heteroatoms. The summed E-state index contributed by atoms with van der Waals surface area (Å²) in [4.78, 5) is 12.6. The summed E-state index contributed by atoms with van der Waals surface area (Å²) < 4.78 is 5.27. The molecule has 1 aromatic carbocycles. The molecule has 1 aromatic rings. The summed E-state index contributed by atoms with van der Waals surface area (Å²) in [6.45, 7) is 6.97. The van der Waals surface area contributed by atoms with E-state index in [9.17, 15) is 4.79 Å². The average Bonchev–Trinajstić information content (AvgIpc) is 2.96. The zero-order chi connectivity index (χ0) is 15.3. The van der Waals surface area contributed by atoms with Crippen molar-refractivity contribution >= 4 is 5.91 Å². The van der Waals surface area contributed by atoms with E-state index in [1.807, 2.05) is 18.2 Å². The van der Waals surface area contributed by atoms with Crippen LogP contribution >= 0.6 is 0 Å². The maximum Gasteiger partial charge on any atom is 0.229 e. The van der Waals surface area contributed by atoms with Gasteiger partial charge >= 0.3 is 0 Å². The van der Waals surface area contributed by atoms with Crippen LogP contribution in [-0.2, 0) is 14.9 Å². The molecular weight excluding hydrogens is 264 g/mol. The Kier molecular flexibility index (Phi) is 5.01. The van der Waals surface area contributed by atoms with Crippen molar-refractivity contribution in [2.24, 2.45) is 5.41 Å². The van der Waals surface area contributed by atoms with E-state index in [1.165, 1.54) is 5.56 Å². The van der Waals surface area contributed by atoms with Crippen LogP contribution in [0.2, 0.25) is 0 Å². The first-order valence-corrected chi connectivity index (χ1v) is 7.54. The fraction of sp³-hybridized carbons (Fsp3) is 0.588. The summed E-state index contributed by atoms with van der Waals surface area (Å²) in [6, 6.07) is 10.3. The van der Waals surface area contributed by atoms with Gasteiger partial charge in [-0.2, -0.15) is 0 Å². The summed E-state index contributed by atoms with van der Waals surface area (Å²) in [5, 5.41) is 6.40. The van der Waals surface area contributed by atoms with Crippen LogP contribution in [0, 0.1) is 5.41 Å². The Balaban J connectivity index is 2.00. The highest BCUT2D eigenvalue weighted by atomic mass is 16.5. The van der Waals surface area contributed by atoms with Gasteiger partial charge in [-0.15, -0.1) is 0 Å². The van der Waals surface area contributed by atoms with Crippen LogP contribution in [0.25, 0.3) is 0 Å². The predicted molar refractivity (Wildman–Crippen MR) is 84.3 cm³/mol. The van der Waals surface area contributed by atoms with Gasteiger partial charge in [-0.1, -0.05) is 44.2 Å². The lowest BCUT2D eigenvalue weighted by molar-refractivity contribution is -0.133. The number of amides is 1. The van der Waals surface area contributed by atoms with Crippen molar-refractivity contribution in [1.82, 2.24) is 10.6 Å². The van der Waals surface area contributed by atoms with Crippen LogP contribution < -0.4 is 10.6 Å². The van der Waals surface area contributed by atoms with Gasteiger partial charge in [0.1, 0.15) is 0 Å². The lowest BCUT2D eigenvalue weighted by Gasteiger charge is -2.30. The zero-order valence-electron chi connectivity index (χ0n) is 13.2. The number of rotatable bonds is 6. The van der Waals surface area contributed by atoms with Gasteiger partial charge in [0.15, 0.2) is 0 Å². The van der Waals surface area contributed by atoms with Gasteiger partial charge in [0.05, 0.1) is 12.0 Å². The number of hydrogen-bond donors (Lipinski definition) is 2. The number of nitrogens with one attached hydrogen (secondary N) is 2. The molecule has 2 rings (SSSR count). The first-order valence-electron chi connectivity index (χ1n) is 7.54. The van der Waals surface area contributed by atoms with Crippen molar-refractivity contribution in [1.29, 1.82) is 0 Å². The largest absolute Gasteiger partial charge is 0.384 e. The van der Waals surface area contributed by atoms with Crippen LogP contribution in [-0.4, -0.2) is 39.3 Å². The topological polar surface area (TPSA) is 50.4 Å². The van der Waals surface area contributed by atoms with Crippen molar-refractivity contribution in [2.75, 3.05) is 33.4 Å². The molecule has 1 atom stereocenters. The van der Waals surface area contributed by atoms with Crippen LogP contribution in [0.15, 0.2) is 30.3 Å². The summed E-state index contributed by atoms with van der Waals surface area (Å²) in [6.07, 6.45) is 0.832. The third-order valence-electron chi connectivity index (χ3n) is 4.39. The Hall–Kier alpha value is -1.39. The fourth-order valence-corrected chi connectivity index (χ4v) is 2.88. The van der Waals surface area contributed by atoms with Gasteiger partial charge in [-0.3, -0.25) is 4.79 Å². The van der Waals surface area contributed by atoms with E-state index in [4.69, 9.17) is 4.74 Å². The summed E-state index contributed by atoms with van der Waals surface area (Å²) in [7, 11) is 1.65. The van der Waals surface area contributed by atoms with Crippen LogP contribution in [0.1, 0.15) is 25.8 Å². The molecule has 1 aliphatic heterocycles. The predicted octanol–water partition coefficient (Wildman–Crippen LogP) is 1.71. The molecule has 0 aliphatic carbocycles. The maximum atomic E-state index is 12.6. The Bertz CT molecular complexity index is 465. The Morgan fingerprint density at radius 2 is 2.10 bits per heavy atom. The first kappa shape index (κ1) is 16.0. The van der Waals surface area contributed by atoms with Gasteiger partial charge < -0.3 is 15.4 Å². The number of carbonyl (C=O) groups is 1. The maximum absolute atomic E-state index is 12.6. The van der Waals surface area contributed by atoms with E-state index in [1.54, 1.807) is 7.11 Å². The van der Waals surface area contributed by atoms with E-state index in [2.05, 4.69) is 36.6 Å². The second-order valence-electron chi connectivity index (χ2n) is 6.57. The van der Waals surface area contributed by atoms with Gasteiger partial charge in [0.25, 0.3) is 0 Å². The third kappa shape index (κ3) is 3.63. The number of methoxy groups -OCH3 is 1. The normalized spacial score (nSPS) is 22.2. The molecule has 0 aromatic heterocycles. The minimum Gasteiger partial charge on any atom is -0.384 e. The zero-order valence-corrected chi connectivity index (χ0v) is 13.2. The number of hydrogen-bond acceptors (Lipinski definition) is 3. The molecular formula is C17H26N2O2. The number of ether oxygens (including phenoxy) is 1.